The Bertz CT molecular complexity index is 758. The van der Waals surface area contributed by atoms with Gasteiger partial charge in [-0.15, -0.1) is 0 Å². The molecule has 0 amide bonds. The highest BCUT2D eigenvalue weighted by atomic mass is 16.5. The Balaban J connectivity index is 2.02. The van der Waals surface area contributed by atoms with Crippen LogP contribution in [0.15, 0.2) is 35.6 Å². The molecule has 0 saturated heterocycles. The molecule has 148 valence electrons. The minimum absolute atomic E-state index is 0.239. The van der Waals surface area contributed by atoms with Crippen LogP contribution in [-0.2, 0) is 13.1 Å². The molecule has 0 spiro atoms. The van der Waals surface area contributed by atoms with Gasteiger partial charge in [-0.3, -0.25) is 4.68 Å². The van der Waals surface area contributed by atoms with E-state index in [4.69, 9.17) is 9.73 Å². The monoisotopic (exact) mass is 371 g/mol. The van der Waals surface area contributed by atoms with Gasteiger partial charge in [0.2, 0.25) is 0 Å². The van der Waals surface area contributed by atoms with Crippen LogP contribution in [0.1, 0.15) is 44.4 Å². The van der Waals surface area contributed by atoms with Crippen molar-refractivity contribution >= 4 is 5.96 Å². The average Bonchev–Trinajstić information content (AvgIpc) is 2.98. The van der Waals surface area contributed by atoms with Gasteiger partial charge in [0.05, 0.1) is 19.3 Å². The highest BCUT2D eigenvalue weighted by molar-refractivity contribution is 5.79. The fraction of sp³-hybridized carbons (Fsp3) is 0.524. The van der Waals surface area contributed by atoms with Crippen molar-refractivity contribution in [3.8, 4) is 5.75 Å². The van der Waals surface area contributed by atoms with Crippen molar-refractivity contribution in [3.63, 3.8) is 0 Å². The summed E-state index contributed by atoms with van der Waals surface area (Å²) in [7, 11) is 0. The number of guanidine groups is 1. The molecule has 2 N–H and O–H groups in total. The Morgan fingerprint density at radius 2 is 1.96 bits per heavy atom. The lowest BCUT2D eigenvalue weighted by molar-refractivity contribution is 0.129. The second kappa shape index (κ2) is 9.44. The molecule has 2 rings (SSSR count). The van der Waals surface area contributed by atoms with Crippen molar-refractivity contribution in [2.45, 2.75) is 60.2 Å². The summed E-state index contributed by atoms with van der Waals surface area (Å²) in [4.78, 5) is 4.73. The van der Waals surface area contributed by atoms with Gasteiger partial charge in [0.1, 0.15) is 11.4 Å². The summed E-state index contributed by atoms with van der Waals surface area (Å²) in [5, 5.41) is 11.0. The first-order valence-electron chi connectivity index (χ1n) is 9.56. The lowest BCUT2D eigenvalue weighted by Crippen LogP contribution is -2.38. The lowest BCUT2D eigenvalue weighted by atomic mass is 10.1. The molecule has 6 nitrogen and oxygen atoms in total. The second-order valence-corrected chi connectivity index (χ2v) is 7.73. The van der Waals surface area contributed by atoms with E-state index >= 15 is 0 Å². The molecule has 1 aromatic heterocycles. The van der Waals surface area contributed by atoms with E-state index in [0.717, 1.165) is 36.9 Å². The molecular weight excluding hydrogens is 338 g/mol. The Labute approximate surface area is 163 Å². The van der Waals surface area contributed by atoms with E-state index in [1.807, 2.05) is 24.0 Å². The van der Waals surface area contributed by atoms with E-state index in [-0.39, 0.29) is 5.60 Å². The second-order valence-electron chi connectivity index (χ2n) is 7.73. The molecule has 0 aliphatic rings. The van der Waals surface area contributed by atoms with Crippen LogP contribution in [0.5, 0.6) is 5.75 Å². The number of hydrogen-bond acceptors (Lipinski definition) is 3. The Kier molecular flexibility index (Phi) is 7.28. The van der Waals surface area contributed by atoms with E-state index in [0.29, 0.717) is 6.54 Å². The SMILES string of the molecule is CCNC(=NCc1ccc(C)cc1OC(C)(C)C)NCCn1cc(C)cn1. The first-order chi connectivity index (χ1) is 12.8. The number of hydrogen-bond donors (Lipinski definition) is 2. The zero-order valence-electron chi connectivity index (χ0n) is 17.5. The summed E-state index contributed by atoms with van der Waals surface area (Å²) >= 11 is 0. The van der Waals surface area contributed by atoms with Crippen molar-refractivity contribution in [1.29, 1.82) is 0 Å². The van der Waals surface area contributed by atoms with E-state index in [2.05, 4.69) is 68.6 Å². The normalized spacial score (nSPS) is 12.1. The Morgan fingerprint density at radius 1 is 1.19 bits per heavy atom. The number of aromatic nitrogens is 2. The van der Waals surface area contributed by atoms with E-state index in [1.165, 1.54) is 11.1 Å². The molecule has 0 atom stereocenters. The van der Waals surface area contributed by atoms with Crippen molar-refractivity contribution < 1.29 is 4.74 Å². The first kappa shape index (κ1) is 20.8. The third-order valence-corrected chi connectivity index (χ3v) is 3.79. The van der Waals surface area contributed by atoms with Crippen LogP contribution in [-0.4, -0.2) is 34.4 Å². The largest absolute Gasteiger partial charge is 0.488 e. The molecule has 2 aromatic rings. The van der Waals surface area contributed by atoms with E-state index < -0.39 is 0 Å². The molecule has 0 unspecified atom stereocenters. The standard InChI is InChI=1S/C21H33N5O/c1-7-22-20(23-10-11-26-15-17(3)13-25-26)24-14-18-9-8-16(2)12-19(18)27-21(4,5)6/h8-9,12-13,15H,7,10-11,14H2,1-6H3,(H2,22,23,24). The van der Waals surface area contributed by atoms with Gasteiger partial charge >= 0.3 is 0 Å². The van der Waals surface area contributed by atoms with E-state index in [1.54, 1.807) is 0 Å². The van der Waals surface area contributed by atoms with Crippen LogP contribution in [0.4, 0.5) is 0 Å². The van der Waals surface area contributed by atoms with Crippen LogP contribution in [0.25, 0.3) is 0 Å². The molecule has 0 aliphatic carbocycles. The smallest absolute Gasteiger partial charge is 0.191 e. The van der Waals surface area contributed by atoms with Gasteiger partial charge in [0.25, 0.3) is 0 Å². The Hall–Kier alpha value is -2.50. The maximum absolute atomic E-state index is 6.13. The van der Waals surface area contributed by atoms with Crippen molar-refractivity contribution in [2.75, 3.05) is 13.1 Å². The maximum atomic E-state index is 6.13. The molecule has 0 bridgehead atoms. The number of benzene rings is 1. The summed E-state index contributed by atoms with van der Waals surface area (Å²) in [6, 6.07) is 6.27. The summed E-state index contributed by atoms with van der Waals surface area (Å²) in [6.45, 7) is 15.3. The summed E-state index contributed by atoms with van der Waals surface area (Å²) in [6.07, 6.45) is 3.90. The van der Waals surface area contributed by atoms with Crippen LogP contribution >= 0.6 is 0 Å². The molecule has 0 radical (unpaired) electrons. The fourth-order valence-electron chi connectivity index (χ4n) is 2.60. The van der Waals surface area contributed by atoms with Crippen molar-refractivity contribution in [1.82, 2.24) is 20.4 Å². The number of ether oxygens (including phenoxy) is 1. The molecule has 1 heterocycles. The fourth-order valence-corrected chi connectivity index (χ4v) is 2.60. The highest BCUT2D eigenvalue weighted by Crippen LogP contribution is 2.25. The minimum Gasteiger partial charge on any atom is -0.488 e. The van der Waals surface area contributed by atoms with Crippen LogP contribution in [0, 0.1) is 13.8 Å². The van der Waals surface area contributed by atoms with Gasteiger partial charge in [0.15, 0.2) is 5.96 Å². The van der Waals surface area contributed by atoms with Gasteiger partial charge < -0.3 is 15.4 Å². The molecule has 0 fully saturated rings. The zero-order valence-corrected chi connectivity index (χ0v) is 17.5. The zero-order chi connectivity index (χ0) is 19.9. The highest BCUT2D eigenvalue weighted by Gasteiger charge is 2.15. The van der Waals surface area contributed by atoms with Crippen LogP contribution in [0.2, 0.25) is 0 Å². The van der Waals surface area contributed by atoms with Crippen LogP contribution in [0.3, 0.4) is 0 Å². The number of nitrogens with one attached hydrogen (secondary N) is 2. The number of nitrogens with zero attached hydrogens (tertiary/aromatic N) is 3. The predicted molar refractivity (Wildman–Crippen MR) is 111 cm³/mol. The average molecular weight is 372 g/mol. The van der Waals surface area contributed by atoms with Crippen molar-refractivity contribution in [2.24, 2.45) is 4.99 Å². The first-order valence-corrected chi connectivity index (χ1v) is 9.56. The van der Waals surface area contributed by atoms with Gasteiger partial charge in [0, 0.05) is 24.8 Å². The van der Waals surface area contributed by atoms with Crippen molar-refractivity contribution in [3.05, 3.63) is 47.3 Å². The van der Waals surface area contributed by atoms with Gasteiger partial charge in [-0.25, -0.2) is 4.99 Å². The molecule has 0 saturated carbocycles. The topological polar surface area (TPSA) is 63.5 Å². The lowest BCUT2D eigenvalue weighted by Gasteiger charge is -2.23. The quantitative estimate of drug-likeness (QED) is 0.578. The molecule has 27 heavy (non-hydrogen) atoms. The Morgan fingerprint density at radius 3 is 2.59 bits per heavy atom. The number of rotatable bonds is 7. The molecule has 0 aliphatic heterocycles. The number of aryl methyl sites for hydroxylation is 2. The number of aliphatic imine (C=N–C) groups is 1. The van der Waals surface area contributed by atoms with Gasteiger partial charge in [-0.1, -0.05) is 12.1 Å². The summed E-state index contributed by atoms with van der Waals surface area (Å²) in [5.74, 6) is 1.69. The summed E-state index contributed by atoms with van der Waals surface area (Å²) in [5.41, 5.74) is 3.19. The predicted octanol–water partition coefficient (Wildman–Crippen LogP) is 3.43. The molecular formula is C21H33N5O. The third-order valence-electron chi connectivity index (χ3n) is 3.79. The minimum atomic E-state index is -0.239. The third kappa shape index (κ3) is 7.33. The van der Waals surface area contributed by atoms with Gasteiger partial charge in [-0.2, -0.15) is 5.10 Å². The molecule has 1 aromatic carbocycles. The summed E-state index contributed by atoms with van der Waals surface area (Å²) < 4.78 is 8.06. The molecule has 6 heteroatoms. The maximum Gasteiger partial charge on any atom is 0.191 e. The van der Waals surface area contributed by atoms with Gasteiger partial charge in [-0.05, 0) is 58.7 Å². The van der Waals surface area contributed by atoms with Crippen LogP contribution < -0.4 is 15.4 Å². The van der Waals surface area contributed by atoms with E-state index in [9.17, 15) is 0 Å².